The third-order valence-corrected chi connectivity index (χ3v) is 5.25. The molecule has 0 fully saturated rings. The van der Waals surface area contributed by atoms with Crippen LogP contribution in [0.2, 0.25) is 0 Å². The summed E-state index contributed by atoms with van der Waals surface area (Å²) in [4.78, 5) is 36.6. The number of hydrogen-bond donors (Lipinski definition) is 1. The molecule has 0 radical (unpaired) electrons. The number of aromatic nitrogens is 2. The van der Waals surface area contributed by atoms with Gasteiger partial charge in [0.2, 0.25) is 5.91 Å². The quantitative estimate of drug-likeness (QED) is 0.743. The van der Waals surface area contributed by atoms with Gasteiger partial charge in [-0.05, 0) is 43.1 Å². The van der Waals surface area contributed by atoms with Gasteiger partial charge >= 0.3 is 0 Å². The average Bonchev–Trinajstić information content (AvgIpc) is 2.72. The van der Waals surface area contributed by atoms with Crippen LogP contribution in [0.5, 0.6) is 0 Å². The zero-order valence-electron chi connectivity index (χ0n) is 16.0. The summed E-state index contributed by atoms with van der Waals surface area (Å²) in [6.45, 7) is 4.17. The number of fused-ring (bicyclic) bond motifs is 2. The van der Waals surface area contributed by atoms with Crippen LogP contribution in [0.4, 0.5) is 5.69 Å². The fourth-order valence-corrected chi connectivity index (χ4v) is 3.77. The van der Waals surface area contributed by atoms with Crippen molar-refractivity contribution in [2.75, 3.05) is 24.5 Å². The standard InChI is InChI=1S/C22H24N4O2/c1-2-25(14-20-23-18-11-5-4-10-17(18)22(28)24-20)15-21(27)26-13-7-9-16-8-3-6-12-19(16)26/h3-6,8,10-12H,2,7,9,13-15H2,1H3,(H,23,24,28). The highest BCUT2D eigenvalue weighted by atomic mass is 16.2. The Balaban J connectivity index is 1.51. The maximum absolute atomic E-state index is 13.0. The molecule has 0 saturated carbocycles. The van der Waals surface area contributed by atoms with Crippen LogP contribution in [0.3, 0.4) is 0 Å². The van der Waals surface area contributed by atoms with Gasteiger partial charge in [-0.1, -0.05) is 37.3 Å². The van der Waals surface area contributed by atoms with Crippen LogP contribution < -0.4 is 10.5 Å². The predicted molar refractivity (Wildman–Crippen MR) is 110 cm³/mol. The lowest BCUT2D eigenvalue weighted by Crippen LogP contribution is -2.42. The molecule has 0 bridgehead atoms. The first-order chi connectivity index (χ1) is 13.7. The molecule has 1 aromatic heterocycles. The lowest BCUT2D eigenvalue weighted by molar-refractivity contribution is -0.120. The SMILES string of the molecule is CCN(CC(=O)N1CCCc2ccccc21)Cc1nc2ccccc2c(=O)[nH]1. The molecule has 0 spiro atoms. The van der Waals surface area contributed by atoms with Gasteiger partial charge in [0.05, 0.1) is 24.0 Å². The molecular weight excluding hydrogens is 352 g/mol. The number of H-pyrrole nitrogens is 1. The van der Waals surface area contributed by atoms with Gasteiger partial charge < -0.3 is 9.88 Å². The van der Waals surface area contributed by atoms with E-state index in [0.717, 1.165) is 25.1 Å². The first-order valence-electron chi connectivity index (χ1n) is 9.74. The zero-order chi connectivity index (χ0) is 19.5. The number of nitrogens with zero attached hydrogens (tertiary/aromatic N) is 3. The van der Waals surface area contributed by atoms with Gasteiger partial charge in [-0.15, -0.1) is 0 Å². The topological polar surface area (TPSA) is 69.3 Å². The van der Waals surface area contributed by atoms with Crippen LogP contribution in [0.15, 0.2) is 53.3 Å². The van der Waals surface area contributed by atoms with Crippen molar-refractivity contribution < 1.29 is 4.79 Å². The van der Waals surface area contributed by atoms with Crippen molar-refractivity contribution in [3.05, 3.63) is 70.3 Å². The van der Waals surface area contributed by atoms with Gasteiger partial charge in [-0.25, -0.2) is 4.98 Å². The first-order valence-corrected chi connectivity index (χ1v) is 9.74. The molecule has 1 N–H and O–H groups in total. The largest absolute Gasteiger partial charge is 0.311 e. The molecule has 6 nitrogen and oxygen atoms in total. The zero-order valence-corrected chi connectivity index (χ0v) is 16.0. The van der Waals surface area contributed by atoms with E-state index in [1.54, 1.807) is 6.07 Å². The molecule has 144 valence electrons. The number of anilines is 1. The summed E-state index contributed by atoms with van der Waals surface area (Å²) < 4.78 is 0. The van der Waals surface area contributed by atoms with Gasteiger partial charge in [-0.2, -0.15) is 0 Å². The molecule has 28 heavy (non-hydrogen) atoms. The fraction of sp³-hybridized carbons (Fsp3) is 0.318. The van der Waals surface area contributed by atoms with Crippen LogP contribution in [-0.2, 0) is 17.8 Å². The number of benzene rings is 2. The van der Waals surface area contributed by atoms with Crippen molar-refractivity contribution in [2.45, 2.75) is 26.3 Å². The summed E-state index contributed by atoms with van der Waals surface area (Å²) in [5.74, 6) is 0.662. The summed E-state index contributed by atoms with van der Waals surface area (Å²) in [7, 11) is 0. The summed E-state index contributed by atoms with van der Waals surface area (Å²) in [6.07, 6.45) is 1.99. The molecule has 4 rings (SSSR count). The smallest absolute Gasteiger partial charge is 0.258 e. The number of hydrogen-bond acceptors (Lipinski definition) is 4. The van der Waals surface area contributed by atoms with Gasteiger partial charge in [0, 0.05) is 12.2 Å². The van der Waals surface area contributed by atoms with E-state index < -0.39 is 0 Å². The number of para-hydroxylation sites is 2. The minimum absolute atomic E-state index is 0.0807. The highest BCUT2D eigenvalue weighted by Crippen LogP contribution is 2.26. The summed E-state index contributed by atoms with van der Waals surface area (Å²) in [5.41, 5.74) is 2.78. The molecule has 0 atom stereocenters. The second-order valence-corrected chi connectivity index (χ2v) is 7.11. The maximum Gasteiger partial charge on any atom is 0.258 e. The second kappa shape index (κ2) is 7.94. The highest BCUT2D eigenvalue weighted by molar-refractivity contribution is 5.96. The van der Waals surface area contributed by atoms with Gasteiger partial charge in [-0.3, -0.25) is 14.5 Å². The molecule has 1 amide bonds. The van der Waals surface area contributed by atoms with E-state index in [0.29, 0.717) is 36.4 Å². The summed E-state index contributed by atoms with van der Waals surface area (Å²) >= 11 is 0. The molecule has 2 heterocycles. The van der Waals surface area contributed by atoms with Crippen molar-refractivity contribution in [3.8, 4) is 0 Å². The van der Waals surface area contributed by atoms with E-state index in [1.165, 1.54) is 5.56 Å². The van der Waals surface area contributed by atoms with E-state index in [1.807, 2.05) is 53.1 Å². The van der Waals surface area contributed by atoms with Crippen molar-refractivity contribution >= 4 is 22.5 Å². The van der Waals surface area contributed by atoms with Crippen LogP contribution in [0, 0.1) is 0 Å². The van der Waals surface area contributed by atoms with Gasteiger partial charge in [0.15, 0.2) is 0 Å². The lowest BCUT2D eigenvalue weighted by Gasteiger charge is -2.31. The van der Waals surface area contributed by atoms with Crippen molar-refractivity contribution in [2.24, 2.45) is 0 Å². The Labute approximate surface area is 163 Å². The number of carbonyl (C=O) groups excluding carboxylic acids is 1. The number of rotatable bonds is 5. The van der Waals surface area contributed by atoms with E-state index >= 15 is 0 Å². The Morgan fingerprint density at radius 1 is 1.18 bits per heavy atom. The minimum Gasteiger partial charge on any atom is -0.311 e. The van der Waals surface area contributed by atoms with Crippen LogP contribution in [0.1, 0.15) is 24.7 Å². The van der Waals surface area contributed by atoms with E-state index in [-0.39, 0.29) is 11.5 Å². The van der Waals surface area contributed by atoms with Crippen LogP contribution in [-0.4, -0.2) is 40.4 Å². The van der Waals surface area contributed by atoms with Crippen molar-refractivity contribution in [3.63, 3.8) is 0 Å². The highest BCUT2D eigenvalue weighted by Gasteiger charge is 2.23. The fourth-order valence-electron chi connectivity index (χ4n) is 3.77. The molecule has 1 aliphatic heterocycles. The van der Waals surface area contributed by atoms with E-state index in [4.69, 9.17) is 0 Å². The summed E-state index contributed by atoms with van der Waals surface area (Å²) in [6, 6.07) is 15.4. The minimum atomic E-state index is -0.145. The molecule has 6 heteroatoms. The molecule has 3 aromatic rings. The molecular formula is C22H24N4O2. The monoisotopic (exact) mass is 376 g/mol. The third kappa shape index (κ3) is 3.68. The van der Waals surface area contributed by atoms with E-state index in [9.17, 15) is 9.59 Å². The number of amides is 1. The average molecular weight is 376 g/mol. The number of likely N-dealkylation sites (N-methyl/N-ethyl adjacent to an activating group) is 1. The number of aromatic amines is 1. The number of aryl methyl sites for hydroxylation is 1. The van der Waals surface area contributed by atoms with Gasteiger partial charge in [0.1, 0.15) is 5.82 Å². The Morgan fingerprint density at radius 2 is 1.96 bits per heavy atom. The molecule has 2 aromatic carbocycles. The Bertz CT molecular complexity index is 1060. The first kappa shape index (κ1) is 18.4. The molecule has 1 aliphatic rings. The molecule has 0 aliphatic carbocycles. The Morgan fingerprint density at radius 3 is 2.82 bits per heavy atom. The predicted octanol–water partition coefficient (Wildman–Crippen LogP) is 2.72. The molecule has 0 saturated heterocycles. The van der Waals surface area contributed by atoms with Crippen LogP contribution in [0.25, 0.3) is 10.9 Å². The number of nitrogens with one attached hydrogen (secondary N) is 1. The maximum atomic E-state index is 13.0. The van der Waals surface area contributed by atoms with E-state index in [2.05, 4.69) is 16.0 Å². The van der Waals surface area contributed by atoms with Gasteiger partial charge in [0.25, 0.3) is 5.56 Å². The molecule has 0 unspecified atom stereocenters. The Hall–Kier alpha value is -2.99. The lowest BCUT2D eigenvalue weighted by atomic mass is 10.0. The Kier molecular flexibility index (Phi) is 5.21. The van der Waals surface area contributed by atoms with Crippen molar-refractivity contribution in [1.82, 2.24) is 14.9 Å². The second-order valence-electron chi connectivity index (χ2n) is 7.11. The normalized spacial score (nSPS) is 13.7. The van der Waals surface area contributed by atoms with Crippen LogP contribution >= 0.6 is 0 Å². The third-order valence-electron chi connectivity index (χ3n) is 5.25. The summed E-state index contributed by atoms with van der Waals surface area (Å²) in [5, 5.41) is 0.579. The van der Waals surface area contributed by atoms with Crippen molar-refractivity contribution in [1.29, 1.82) is 0 Å². The number of carbonyl (C=O) groups is 1.